The standard InChI is InChI=1S/C22H26IN5O6/c1-11(2)20(14-4-3-13(23)5-15(14)28(31)32)33-9-12-7-27(18-6-16(30)17(8-29)34-18)22-19(12)21(24)25-10-26-22/h3-5,7,10-11,16-18,20,29-30H,6,8-9H2,1-2H3,(H2,24,25,26)/t16?,17-,18-,20-/m1/s1. The van der Waals surface area contributed by atoms with Crippen LogP contribution in [-0.4, -0.2) is 48.5 Å². The Labute approximate surface area is 209 Å². The number of aliphatic hydroxyl groups excluding tert-OH is 2. The van der Waals surface area contributed by atoms with Gasteiger partial charge in [0.1, 0.15) is 30.1 Å². The fourth-order valence-electron chi connectivity index (χ4n) is 4.30. The van der Waals surface area contributed by atoms with Gasteiger partial charge in [0.05, 0.1) is 41.3 Å². The molecule has 0 radical (unpaired) electrons. The monoisotopic (exact) mass is 583 g/mol. The highest BCUT2D eigenvalue weighted by atomic mass is 127. The maximum atomic E-state index is 11.7. The number of nitrogen functional groups attached to an aromatic ring is 1. The number of nitrogens with two attached hydrogens (primary N) is 1. The van der Waals surface area contributed by atoms with Gasteiger partial charge in [-0.3, -0.25) is 10.1 Å². The molecule has 182 valence electrons. The second-order valence-corrected chi connectivity index (χ2v) is 9.82. The van der Waals surface area contributed by atoms with Crippen LogP contribution in [0.3, 0.4) is 0 Å². The molecule has 0 amide bonds. The number of aromatic nitrogens is 3. The van der Waals surface area contributed by atoms with Crippen molar-refractivity contribution in [1.29, 1.82) is 0 Å². The highest BCUT2D eigenvalue weighted by Gasteiger charge is 2.36. The molecule has 3 aromatic rings. The van der Waals surface area contributed by atoms with Crippen molar-refractivity contribution >= 4 is 45.1 Å². The van der Waals surface area contributed by atoms with E-state index in [-0.39, 0.29) is 37.1 Å². The zero-order chi connectivity index (χ0) is 24.6. The van der Waals surface area contributed by atoms with Crippen LogP contribution in [0, 0.1) is 19.6 Å². The molecule has 1 fully saturated rings. The highest BCUT2D eigenvalue weighted by molar-refractivity contribution is 14.1. The molecule has 0 saturated carbocycles. The van der Waals surface area contributed by atoms with Crippen molar-refractivity contribution in [3.05, 3.63) is 55.5 Å². The molecule has 11 nitrogen and oxygen atoms in total. The fraction of sp³-hybridized carbons (Fsp3) is 0.455. The van der Waals surface area contributed by atoms with E-state index in [1.165, 1.54) is 12.4 Å². The number of hydrogen-bond acceptors (Lipinski definition) is 9. The van der Waals surface area contributed by atoms with Gasteiger partial charge in [-0.05, 0) is 40.6 Å². The van der Waals surface area contributed by atoms with Gasteiger partial charge in [-0.15, -0.1) is 0 Å². The second-order valence-electron chi connectivity index (χ2n) is 8.57. The molecule has 1 aliphatic rings. The molecular formula is C22H26IN5O6. The minimum atomic E-state index is -0.807. The van der Waals surface area contributed by atoms with Crippen LogP contribution in [0.1, 0.15) is 43.7 Å². The predicted octanol–water partition coefficient (Wildman–Crippen LogP) is 3.08. The number of benzene rings is 1. The van der Waals surface area contributed by atoms with E-state index >= 15 is 0 Å². The number of hydrogen-bond donors (Lipinski definition) is 3. The van der Waals surface area contributed by atoms with Gasteiger partial charge >= 0.3 is 0 Å². The zero-order valence-electron chi connectivity index (χ0n) is 18.7. The molecule has 0 aliphatic carbocycles. The number of nitro benzene ring substituents is 1. The molecule has 4 rings (SSSR count). The first kappa shape index (κ1) is 24.7. The molecule has 0 bridgehead atoms. The number of nitro groups is 1. The number of nitrogens with zero attached hydrogens (tertiary/aromatic N) is 4. The minimum absolute atomic E-state index is 0.0132. The molecule has 1 saturated heterocycles. The lowest BCUT2D eigenvalue weighted by Crippen LogP contribution is -2.24. The first-order valence-corrected chi connectivity index (χ1v) is 11.9. The first-order valence-electron chi connectivity index (χ1n) is 10.8. The predicted molar refractivity (Wildman–Crippen MR) is 132 cm³/mol. The van der Waals surface area contributed by atoms with Crippen LogP contribution in [-0.2, 0) is 16.1 Å². The van der Waals surface area contributed by atoms with E-state index in [0.29, 0.717) is 22.2 Å². The average molecular weight is 583 g/mol. The van der Waals surface area contributed by atoms with Crippen molar-refractivity contribution in [3.63, 3.8) is 0 Å². The van der Waals surface area contributed by atoms with E-state index in [1.807, 2.05) is 42.5 Å². The van der Waals surface area contributed by atoms with Crippen LogP contribution in [0.15, 0.2) is 30.7 Å². The highest BCUT2D eigenvalue weighted by Crippen LogP contribution is 2.37. The SMILES string of the molecule is CC(C)[C@@H](OCc1cn([C@H]2CC(O)[C@@H](CO)O2)c2ncnc(N)c12)c1ccc(I)cc1[N+](=O)[O-]. The van der Waals surface area contributed by atoms with E-state index in [2.05, 4.69) is 9.97 Å². The molecule has 4 atom stereocenters. The number of aliphatic hydroxyl groups is 2. The number of anilines is 1. The first-order chi connectivity index (χ1) is 16.2. The average Bonchev–Trinajstić information content (AvgIpc) is 3.35. The maximum Gasteiger partial charge on any atom is 0.276 e. The Morgan fingerprint density at radius 2 is 2.18 bits per heavy atom. The smallest absolute Gasteiger partial charge is 0.276 e. The molecular weight excluding hydrogens is 557 g/mol. The van der Waals surface area contributed by atoms with Crippen LogP contribution in [0.25, 0.3) is 11.0 Å². The molecule has 4 N–H and O–H groups in total. The van der Waals surface area contributed by atoms with Gasteiger partial charge in [-0.25, -0.2) is 9.97 Å². The Morgan fingerprint density at radius 1 is 1.41 bits per heavy atom. The summed E-state index contributed by atoms with van der Waals surface area (Å²) in [5, 5.41) is 31.9. The fourth-order valence-corrected chi connectivity index (χ4v) is 4.78. The summed E-state index contributed by atoms with van der Waals surface area (Å²) in [6.45, 7) is 3.69. The Morgan fingerprint density at radius 3 is 2.82 bits per heavy atom. The van der Waals surface area contributed by atoms with Gasteiger partial charge in [-0.2, -0.15) is 0 Å². The summed E-state index contributed by atoms with van der Waals surface area (Å²) in [6, 6.07) is 5.08. The summed E-state index contributed by atoms with van der Waals surface area (Å²) in [7, 11) is 0. The molecule has 2 aromatic heterocycles. The molecule has 12 heteroatoms. The van der Waals surface area contributed by atoms with Crippen molar-refractivity contribution in [2.24, 2.45) is 5.92 Å². The van der Waals surface area contributed by atoms with Gasteiger partial charge in [0.2, 0.25) is 0 Å². The van der Waals surface area contributed by atoms with Crippen molar-refractivity contribution in [3.8, 4) is 0 Å². The quantitative estimate of drug-likeness (QED) is 0.206. The Kier molecular flexibility index (Phi) is 7.33. The Balaban J connectivity index is 1.68. The summed E-state index contributed by atoms with van der Waals surface area (Å²) in [4.78, 5) is 19.7. The van der Waals surface area contributed by atoms with E-state index in [1.54, 1.807) is 16.8 Å². The van der Waals surface area contributed by atoms with Gasteiger partial charge in [0.25, 0.3) is 5.69 Å². The van der Waals surface area contributed by atoms with Crippen molar-refractivity contribution in [2.45, 2.75) is 51.4 Å². The lowest BCUT2D eigenvalue weighted by atomic mass is 9.97. The molecule has 34 heavy (non-hydrogen) atoms. The summed E-state index contributed by atoms with van der Waals surface area (Å²) in [5.74, 6) is 0.222. The number of ether oxygens (including phenoxy) is 2. The molecule has 3 heterocycles. The lowest BCUT2D eigenvalue weighted by Gasteiger charge is -2.22. The van der Waals surface area contributed by atoms with Crippen molar-refractivity contribution in [1.82, 2.24) is 14.5 Å². The summed E-state index contributed by atoms with van der Waals surface area (Å²) < 4.78 is 14.6. The van der Waals surface area contributed by atoms with Crippen LogP contribution in [0.5, 0.6) is 0 Å². The van der Waals surface area contributed by atoms with Crippen LogP contribution in [0.4, 0.5) is 11.5 Å². The molecule has 1 aliphatic heterocycles. The van der Waals surface area contributed by atoms with Crippen LogP contribution >= 0.6 is 22.6 Å². The maximum absolute atomic E-state index is 11.7. The third-order valence-corrected chi connectivity index (χ3v) is 6.60. The third-order valence-electron chi connectivity index (χ3n) is 5.93. The zero-order valence-corrected chi connectivity index (χ0v) is 20.8. The van der Waals surface area contributed by atoms with Gasteiger partial charge in [0.15, 0.2) is 0 Å². The summed E-state index contributed by atoms with van der Waals surface area (Å²) >= 11 is 2.05. The third kappa shape index (κ3) is 4.73. The number of fused-ring (bicyclic) bond motifs is 1. The topological polar surface area (TPSA) is 159 Å². The van der Waals surface area contributed by atoms with E-state index in [0.717, 1.165) is 3.57 Å². The van der Waals surface area contributed by atoms with Gasteiger partial charge in [-0.1, -0.05) is 13.8 Å². The van der Waals surface area contributed by atoms with Crippen molar-refractivity contribution in [2.75, 3.05) is 12.3 Å². The molecule has 0 spiro atoms. The van der Waals surface area contributed by atoms with Gasteiger partial charge < -0.3 is 30.0 Å². The van der Waals surface area contributed by atoms with Crippen LogP contribution in [0.2, 0.25) is 0 Å². The molecule has 1 aromatic carbocycles. The van der Waals surface area contributed by atoms with E-state index < -0.39 is 29.5 Å². The number of halogens is 1. The normalized spacial score (nSPS) is 21.4. The Hall–Kier alpha value is -2.39. The van der Waals surface area contributed by atoms with E-state index in [4.69, 9.17) is 15.2 Å². The van der Waals surface area contributed by atoms with E-state index in [9.17, 15) is 20.3 Å². The molecule has 1 unspecified atom stereocenters. The van der Waals surface area contributed by atoms with Crippen LogP contribution < -0.4 is 5.73 Å². The second kappa shape index (κ2) is 10.1. The minimum Gasteiger partial charge on any atom is -0.394 e. The number of rotatable bonds is 8. The Bertz CT molecular complexity index is 1200. The summed E-state index contributed by atoms with van der Waals surface area (Å²) in [6.07, 6.45) is 0.835. The largest absolute Gasteiger partial charge is 0.394 e. The van der Waals surface area contributed by atoms with Gasteiger partial charge in [0, 0.05) is 27.8 Å². The lowest BCUT2D eigenvalue weighted by molar-refractivity contribution is -0.386. The van der Waals surface area contributed by atoms with Crippen molar-refractivity contribution < 1.29 is 24.6 Å². The summed E-state index contributed by atoms with van der Waals surface area (Å²) in [5.41, 5.74) is 7.89.